The summed E-state index contributed by atoms with van der Waals surface area (Å²) in [5, 5.41) is 10.4. The Morgan fingerprint density at radius 2 is 1.32 bits per heavy atom. The molecule has 1 atom stereocenters. The Balaban J connectivity index is 1.68. The molecule has 2 aromatic rings. The van der Waals surface area contributed by atoms with Crippen LogP contribution in [0.5, 0.6) is 0 Å². The van der Waals surface area contributed by atoms with Crippen LogP contribution in [0.4, 0.5) is 5.69 Å². The third kappa shape index (κ3) is 7.26. The number of anilines is 1. The molecule has 136 valence electrons. The van der Waals surface area contributed by atoms with Crippen molar-refractivity contribution in [1.82, 2.24) is 9.80 Å². The molecule has 1 N–H and O–H groups in total. The summed E-state index contributed by atoms with van der Waals surface area (Å²) < 4.78 is 0. The van der Waals surface area contributed by atoms with Crippen molar-refractivity contribution in [2.75, 3.05) is 52.2 Å². The van der Waals surface area contributed by atoms with Crippen molar-refractivity contribution in [3.63, 3.8) is 0 Å². The van der Waals surface area contributed by atoms with Gasteiger partial charge in [-0.05, 0) is 31.8 Å². The average Bonchev–Trinajstić information content (AvgIpc) is 2.61. The van der Waals surface area contributed by atoms with Crippen LogP contribution in [0, 0.1) is 0 Å². The van der Waals surface area contributed by atoms with Crippen molar-refractivity contribution in [3.05, 3.63) is 66.2 Å². The van der Waals surface area contributed by atoms with Gasteiger partial charge in [0.25, 0.3) is 0 Å². The minimum absolute atomic E-state index is 0.347. The van der Waals surface area contributed by atoms with Crippen LogP contribution in [0.25, 0.3) is 0 Å². The lowest BCUT2D eigenvalue weighted by atomic mass is 10.2. The van der Waals surface area contributed by atoms with Gasteiger partial charge in [-0.3, -0.25) is 4.90 Å². The molecule has 0 radical (unpaired) electrons. The van der Waals surface area contributed by atoms with E-state index in [0.29, 0.717) is 13.1 Å². The van der Waals surface area contributed by atoms with E-state index in [4.69, 9.17) is 0 Å². The minimum Gasteiger partial charge on any atom is -0.390 e. The van der Waals surface area contributed by atoms with E-state index in [9.17, 15) is 5.11 Å². The Hall–Kier alpha value is -1.88. The molecule has 2 rings (SSSR count). The second-order valence-corrected chi connectivity index (χ2v) is 6.86. The highest BCUT2D eigenvalue weighted by Gasteiger charge is 2.12. The van der Waals surface area contributed by atoms with E-state index < -0.39 is 0 Å². The smallest absolute Gasteiger partial charge is 0.0793 e. The van der Waals surface area contributed by atoms with Crippen molar-refractivity contribution in [2.24, 2.45) is 0 Å². The second kappa shape index (κ2) is 10.2. The number of rotatable bonds is 10. The lowest BCUT2D eigenvalue weighted by molar-refractivity contribution is 0.0898. The van der Waals surface area contributed by atoms with Crippen molar-refractivity contribution < 1.29 is 5.11 Å². The van der Waals surface area contributed by atoms with Gasteiger partial charge >= 0.3 is 0 Å². The lowest BCUT2D eigenvalue weighted by Gasteiger charge is -2.27. The number of aliphatic hydroxyl groups is 1. The van der Waals surface area contributed by atoms with Crippen LogP contribution in [0.15, 0.2) is 60.7 Å². The first-order valence-electron chi connectivity index (χ1n) is 8.90. The Labute approximate surface area is 152 Å². The van der Waals surface area contributed by atoms with Crippen LogP contribution >= 0.6 is 0 Å². The molecule has 25 heavy (non-hydrogen) atoms. The zero-order valence-corrected chi connectivity index (χ0v) is 15.7. The van der Waals surface area contributed by atoms with Crippen LogP contribution in [0.2, 0.25) is 0 Å². The van der Waals surface area contributed by atoms with Gasteiger partial charge < -0.3 is 14.9 Å². The molecule has 0 aliphatic heterocycles. The second-order valence-electron chi connectivity index (χ2n) is 6.86. The molecular formula is C21H31N3O. The first-order chi connectivity index (χ1) is 12.0. The molecule has 0 bridgehead atoms. The number of aliphatic hydroxyl groups excluding tert-OH is 1. The summed E-state index contributed by atoms with van der Waals surface area (Å²) in [6.07, 6.45) is -0.347. The molecule has 0 spiro atoms. The highest BCUT2D eigenvalue weighted by molar-refractivity contribution is 5.44. The van der Waals surface area contributed by atoms with E-state index in [1.54, 1.807) is 0 Å². The summed E-state index contributed by atoms with van der Waals surface area (Å²) in [5.41, 5.74) is 2.49. The van der Waals surface area contributed by atoms with Gasteiger partial charge in [-0.25, -0.2) is 0 Å². The van der Waals surface area contributed by atoms with Gasteiger partial charge in [-0.15, -0.1) is 0 Å². The summed E-state index contributed by atoms with van der Waals surface area (Å²) in [7, 11) is 6.23. The molecule has 0 fully saturated rings. The summed E-state index contributed by atoms with van der Waals surface area (Å²) in [6, 6.07) is 20.8. The van der Waals surface area contributed by atoms with Crippen LogP contribution in [0.1, 0.15) is 5.56 Å². The largest absolute Gasteiger partial charge is 0.390 e. The van der Waals surface area contributed by atoms with Crippen molar-refractivity contribution >= 4 is 5.69 Å². The molecule has 4 nitrogen and oxygen atoms in total. The van der Waals surface area contributed by atoms with E-state index >= 15 is 0 Å². The predicted molar refractivity (Wildman–Crippen MR) is 106 cm³/mol. The molecule has 0 aliphatic carbocycles. The molecule has 2 aromatic carbocycles. The fourth-order valence-electron chi connectivity index (χ4n) is 2.96. The molecule has 0 amide bonds. The number of hydrogen-bond donors (Lipinski definition) is 1. The van der Waals surface area contributed by atoms with Gasteiger partial charge in [0.2, 0.25) is 0 Å². The minimum atomic E-state index is -0.347. The predicted octanol–water partition coefficient (Wildman–Crippen LogP) is 2.55. The molecule has 0 heterocycles. The van der Waals surface area contributed by atoms with E-state index in [-0.39, 0.29) is 6.10 Å². The third-order valence-electron chi connectivity index (χ3n) is 4.35. The van der Waals surface area contributed by atoms with Gasteiger partial charge in [-0.1, -0.05) is 48.5 Å². The molecule has 0 saturated heterocycles. The first-order valence-corrected chi connectivity index (χ1v) is 8.90. The Morgan fingerprint density at radius 1 is 0.760 bits per heavy atom. The molecule has 4 heteroatoms. The van der Waals surface area contributed by atoms with E-state index in [1.807, 2.05) is 12.1 Å². The van der Waals surface area contributed by atoms with Gasteiger partial charge in [0.1, 0.15) is 0 Å². The van der Waals surface area contributed by atoms with E-state index in [1.165, 1.54) is 11.3 Å². The fourth-order valence-corrected chi connectivity index (χ4v) is 2.96. The summed E-state index contributed by atoms with van der Waals surface area (Å²) in [5.74, 6) is 0. The Morgan fingerprint density at radius 3 is 1.96 bits per heavy atom. The summed E-state index contributed by atoms with van der Waals surface area (Å²) >= 11 is 0. The van der Waals surface area contributed by atoms with Crippen molar-refractivity contribution in [1.29, 1.82) is 0 Å². The Kier molecular flexibility index (Phi) is 7.92. The van der Waals surface area contributed by atoms with Gasteiger partial charge in [0.05, 0.1) is 6.10 Å². The quantitative estimate of drug-likeness (QED) is 0.719. The number of hydrogen-bond acceptors (Lipinski definition) is 4. The highest BCUT2D eigenvalue weighted by atomic mass is 16.3. The van der Waals surface area contributed by atoms with Gasteiger partial charge in [-0.2, -0.15) is 0 Å². The first kappa shape index (κ1) is 19.4. The monoisotopic (exact) mass is 341 g/mol. The van der Waals surface area contributed by atoms with Crippen LogP contribution < -0.4 is 4.90 Å². The molecule has 0 aromatic heterocycles. The molecule has 1 unspecified atom stereocenters. The topological polar surface area (TPSA) is 30.0 Å². The van der Waals surface area contributed by atoms with Crippen LogP contribution in [-0.2, 0) is 6.54 Å². The Bertz CT molecular complexity index is 591. The lowest BCUT2D eigenvalue weighted by Crippen LogP contribution is -2.39. The van der Waals surface area contributed by atoms with E-state index in [0.717, 1.165) is 19.6 Å². The summed E-state index contributed by atoms with van der Waals surface area (Å²) in [6.45, 7) is 4.08. The van der Waals surface area contributed by atoms with Gasteiger partial charge in [0, 0.05) is 45.5 Å². The van der Waals surface area contributed by atoms with Crippen LogP contribution in [0.3, 0.4) is 0 Å². The SMILES string of the molecule is CN(CCN(C)c1ccccc1)CC(O)CN(C)Cc1ccccc1. The van der Waals surface area contributed by atoms with Crippen LogP contribution in [-0.4, -0.2) is 68.3 Å². The maximum atomic E-state index is 10.4. The maximum absolute atomic E-state index is 10.4. The summed E-state index contributed by atoms with van der Waals surface area (Å²) in [4.78, 5) is 6.61. The highest BCUT2D eigenvalue weighted by Crippen LogP contribution is 2.10. The van der Waals surface area contributed by atoms with Crippen molar-refractivity contribution in [2.45, 2.75) is 12.6 Å². The molecule has 0 saturated carbocycles. The molecular weight excluding hydrogens is 310 g/mol. The number of benzene rings is 2. The van der Waals surface area contributed by atoms with E-state index in [2.05, 4.69) is 84.4 Å². The molecule has 0 aliphatic rings. The zero-order chi connectivity index (χ0) is 18.1. The number of likely N-dealkylation sites (N-methyl/N-ethyl adjacent to an activating group) is 3. The fraction of sp³-hybridized carbons (Fsp3) is 0.429. The van der Waals surface area contributed by atoms with Gasteiger partial charge in [0.15, 0.2) is 0 Å². The maximum Gasteiger partial charge on any atom is 0.0793 e. The number of para-hydroxylation sites is 1. The third-order valence-corrected chi connectivity index (χ3v) is 4.35. The van der Waals surface area contributed by atoms with Crippen molar-refractivity contribution in [3.8, 4) is 0 Å². The number of nitrogens with zero attached hydrogens (tertiary/aromatic N) is 3. The average molecular weight is 341 g/mol. The standard InChI is InChI=1S/C21H31N3O/c1-22(14-15-24(3)20-12-8-5-9-13-20)17-21(25)18-23(2)16-19-10-6-4-7-11-19/h4-13,21,25H,14-18H2,1-3H3. The normalized spacial score (nSPS) is 12.6. The zero-order valence-electron chi connectivity index (χ0n) is 15.7.